The predicted octanol–water partition coefficient (Wildman–Crippen LogP) is 13.2. The Morgan fingerprint density at radius 1 is 0.571 bits per heavy atom. The molecule has 2 aliphatic rings. The van der Waals surface area contributed by atoms with Crippen LogP contribution in [0, 0.1) is 5.82 Å². The van der Waals surface area contributed by atoms with Crippen LogP contribution in [0.1, 0.15) is 54.5 Å². The molecule has 1 aromatic heterocycles. The number of nitrogens with zero attached hydrogens (tertiary/aromatic N) is 2. The summed E-state index contributed by atoms with van der Waals surface area (Å²) in [5.74, 6) is 1.19. The van der Waals surface area contributed by atoms with Crippen LogP contribution in [-0.4, -0.2) is 9.97 Å². The van der Waals surface area contributed by atoms with E-state index in [1.807, 2.05) is 48.5 Å². The fourth-order valence-electron chi connectivity index (χ4n) is 9.24. The molecule has 1 aliphatic carbocycles. The summed E-state index contributed by atoms with van der Waals surface area (Å²) in [7, 11) is 0. The normalized spacial score (nSPS) is 16.2. The Labute approximate surface area is 326 Å². The van der Waals surface area contributed by atoms with Crippen LogP contribution in [0.4, 0.5) is 4.39 Å². The van der Waals surface area contributed by atoms with Crippen LogP contribution in [0.25, 0.3) is 61.9 Å². The van der Waals surface area contributed by atoms with Crippen molar-refractivity contribution in [1.82, 2.24) is 9.97 Å². The minimum absolute atomic E-state index is 0.155. The van der Waals surface area contributed by atoms with E-state index in [0.29, 0.717) is 5.82 Å². The van der Waals surface area contributed by atoms with E-state index in [4.69, 9.17) is 14.7 Å². The van der Waals surface area contributed by atoms with Crippen LogP contribution in [0.5, 0.6) is 5.75 Å². The Kier molecular flexibility index (Phi) is 8.04. The Morgan fingerprint density at radius 2 is 1.12 bits per heavy atom. The van der Waals surface area contributed by atoms with Crippen molar-refractivity contribution in [3.8, 4) is 50.8 Å². The second kappa shape index (κ2) is 13.3. The van der Waals surface area contributed by atoms with Gasteiger partial charge in [0.25, 0.3) is 0 Å². The molecule has 0 spiro atoms. The first-order valence-corrected chi connectivity index (χ1v) is 19.5. The van der Waals surface area contributed by atoms with Crippen molar-refractivity contribution in [3.05, 3.63) is 204 Å². The molecule has 1 unspecified atom stereocenters. The third-order valence-corrected chi connectivity index (χ3v) is 12.1. The van der Waals surface area contributed by atoms with Crippen molar-refractivity contribution < 1.29 is 9.13 Å². The second-order valence-corrected chi connectivity index (χ2v) is 14.8. The van der Waals surface area contributed by atoms with Crippen molar-refractivity contribution in [2.45, 2.75) is 37.7 Å². The summed E-state index contributed by atoms with van der Waals surface area (Å²) in [4.78, 5) is 10.1. The van der Waals surface area contributed by atoms with E-state index in [9.17, 15) is 4.39 Å². The van der Waals surface area contributed by atoms with Gasteiger partial charge in [-0.05, 0) is 64.8 Å². The number of hydrogen-bond acceptors (Lipinski definition) is 3. The lowest BCUT2D eigenvalue weighted by atomic mass is 9.71. The molecule has 1 atom stereocenters. The lowest BCUT2D eigenvalue weighted by Gasteiger charge is -2.39. The fraction of sp³-hybridized carbons (Fsp3) is 0.115. The zero-order chi connectivity index (χ0) is 37.9. The smallest absolute Gasteiger partial charge is 0.178 e. The van der Waals surface area contributed by atoms with Crippen molar-refractivity contribution in [2.75, 3.05) is 0 Å². The molecule has 0 saturated heterocycles. The van der Waals surface area contributed by atoms with Crippen LogP contribution >= 0.6 is 0 Å². The zero-order valence-corrected chi connectivity index (χ0v) is 31.3. The molecule has 8 aromatic rings. The first-order chi connectivity index (χ1) is 27.5. The molecule has 1 aliphatic heterocycles. The molecular weight excluding hydrogens is 688 g/mol. The third-order valence-electron chi connectivity index (χ3n) is 12.1. The maximum absolute atomic E-state index is 14.6. The summed E-state index contributed by atoms with van der Waals surface area (Å²) in [6.07, 6.45) is 6.38. The predicted molar refractivity (Wildman–Crippen MR) is 226 cm³/mol. The minimum atomic E-state index is -1.04. The van der Waals surface area contributed by atoms with E-state index in [2.05, 4.69) is 129 Å². The molecule has 0 N–H and O–H groups in total. The van der Waals surface area contributed by atoms with Gasteiger partial charge in [-0.1, -0.05) is 166 Å². The van der Waals surface area contributed by atoms with E-state index in [1.54, 1.807) is 0 Å². The maximum atomic E-state index is 14.6. The van der Waals surface area contributed by atoms with Crippen molar-refractivity contribution in [1.29, 1.82) is 0 Å². The van der Waals surface area contributed by atoms with E-state index >= 15 is 0 Å². The van der Waals surface area contributed by atoms with Crippen molar-refractivity contribution in [2.24, 2.45) is 0 Å². The zero-order valence-electron chi connectivity index (χ0n) is 31.3. The monoisotopic (exact) mass is 726 g/mol. The molecule has 0 bridgehead atoms. The molecule has 270 valence electrons. The van der Waals surface area contributed by atoms with Crippen LogP contribution in [-0.2, 0) is 11.0 Å². The molecule has 3 nitrogen and oxygen atoms in total. The molecule has 10 rings (SSSR count). The largest absolute Gasteiger partial charge is 0.472 e. The third kappa shape index (κ3) is 5.16. The van der Waals surface area contributed by atoms with E-state index in [0.717, 1.165) is 68.7 Å². The van der Waals surface area contributed by atoms with Gasteiger partial charge in [-0.3, -0.25) is 0 Å². The van der Waals surface area contributed by atoms with E-state index in [1.165, 1.54) is 39.8 Å². The summed E-state index contributed by atoms with van der Waals surface area (Å²) in [5, 5.41) is 2.24. The summed E-state index contributed by atoms with van der Waals surface area (Å²) in [6, 6.07) is 55.1. The minimum Gasteiger partial charge on any atom is -0.472 e. The summed E-state index contributed by atoms with van der Waals surface area (Å²) in [6.45, 7) is 4.60. The van der Waals surface area contributed by atoms with Crippen molar-refractivity contribution >= 4 is 16.8 Å². The Morgan fingerprint density at radius 3 is 1.75 bits per heavy atom. The molecule has 56 heavy (non-hydrogen) atoms. The van der Waals surface area contributed by atoms with Crippen LogP contribution in [0.3, 0.4) is 0 Å². The van der Waals surface area contributed by atoms with Crippen molar-refractivity contribution in [3.63, 3.8) is 0 Å². The Bertz CT molecular complexity index is 2730. The maximum Gasteiger partial charge on any atom is 0.178 e. The SMILES string of the molecule is CCC1(CC)c2ccccc2-c2c1c1c(c3ccccc23)OC(c2ccc(F)cc2)(c2ccc(-c3nc(-c4ccccc4)cc(-c4ccccc4)n3)cc2)C=C1. The standard InChI is InChI=1S/C52H39FN2O/c1-3-51(4-2)44-22-14-13-21-42(44)47-40-19-11-12-20-41(40)49-43(48(47)51)31-32-52(56-49,38-27-29-39(53)30-28-38)37-25-23-36(24-26-37)50-54-45(34-15-7-5-8-16-34)33-46(55-50)35-17-9-6-10-18-35/h5-33H,3-4H2,1-2H3. The first-order valence-electron chi connectivity index (χ1n) is 19.5. The average molecular weight is 727 g/mol. The highest BCUT2D eigenvalue weighted by Gasteiger charge is 2.46. The molecular formula is C52H39FN2O. The van der Waals surface area contributed by atoms with Gasteiger partial charge in [0, 0.05) is 44.2 Å². The number of fused-ring (bicyclic) bond motifs is 8. The molecule has 7 aromatic carbocycles. The van der Waals surface area contributed by atoms with Gasteiger partial charge in [0.05, 0.1) is 11.4 Å². The molecule has 0 radical (unpaired) electrons. The van der Waals surface area contributed by atoms with Gasteiger partial charge >= 0.3 is 0 Å². The first kappa shape index (κ1) is 33.9. The van der Waals surface area contributed by atoms with Gasteiger partial charge in [-0.15, -0.1) is 0 Å². The summed E-state index contributed by atoms with van der Waals surface area (Å²) >= 11 is 0. The summed E-state index contributed by atoms with van der Waals surface area (Å²) < 4.78 is 22.1. The average Bonchev–Trinajstić information content (AvgIpc) is 3.58. The number of aromatic nitrogens is 2. The quantitative estimate of drug-likeness (QED) is 0.164. The second-order valence-electron chi connectivity index (χ2n) is 14.8. The number of benzene rings is 7. The van der Waals surface area contributed by atoms with Gasteiger partial charge in [-0.25, -0.2) is 14.4 Å². The number of rotatable bonds is 7. The van der Waals surface area contributed by atoms with Gasteiger partial charge in [0.2, 0.25) is 0 Å². The van der Waals surface area contributed by atoms with Crippen LogP contribution < -0.4 is 4.74 Å². The van der Waals surface area contributed by atoms with E-state index in [-0.39, 0.29) is 11.2 Å². The van der Waals surface area contributed by atoms with Gasteiger partial charge in [0.15, 0.2) is 11.4 Å². The topological polar surface area (TPSA) is 35.0 Å². The van der Waals surface area contributed by atoms with Crippen LogP contribution in [0.15, 0.2) is 170 Å². The highest BCUT2D eigenvalue weighted by Crippen LogP contribution is 2.60. The highest BCUT2D eigenvalue weighted by atomic mass is 19.1. The number of hydrogen-bond donors (Lipinski definition) is 0. The van der Waals surface area contributed by atoms with Gasteiger partial charge in [-0.2, -0.15) is 0 Å². The summed E-state index contributed by atoms with van der Waals surface area (Å²) in [5.41, 5.74) is 11.7. The molecule has 4 heteroatoms. The number of halogens is 1. The lowest BCUT2D eigenvalue weighted by molar-refractivity contribution is 0.163. The lowest BCUT2D eigenvalue weighted by Crippen LogP contribution is -2.35. The van der Waals surface area contributed by atoms with Gasteiger partial charge < -0.3 is 4.74 Å². The fourth-order valence-corrected chi connectivity index (χ4v) is 9.24. The number of ether oxygens (including phenoxy) is 1. The van der Waals surface area contributed by atoms with E-state index < -0.39 is 5.60 Å². The highest BCUT2D eigenvalue weighted by molar-refractivity contribution is 6.08. The molecule has 0 fully saturated rings. The molecule has 0 saturated carbocycles. The molecule has 0 amide bonds. The van der Waals surface area contributed by atoms with Gasteiger partial charge in [0.1, 0.15) is 11.6 Å². The Hall–Kier alpha value is -6.65. The van der Waals surface area contributed by atoms with Crippen LogP contribution in [0.2, 0.25) is 0 Å². The molecule has 2 heterocycles. The Balaban J connectivity index is 1.15.